The van der Waals surface area contributed by atoms with E-state index in [2.05, 4.69) is 41.5 Å². The predicted octanol–water partition coefficient (Wildman–Crippen LogP) is 4.48. The monoisotopic (exact) mass is 295 g/mol. The highest BCUT2D eigenvalue weighted by Gasteiger charge is 2.10. The van der Waals surface area contributed by atoms with Crippen molar-refractivity contribution in [3.8, 4) is 22.0 Å². The Morgan fingerprint density at radius 2 is 1.86 bits per heavy atom. The van der Waals surface area contributed by atoms with Gasteiger partial charge in [-0.1, -0.05) is 37.3 Å². The van der Waals surface area contributed by atoms with Gasteiger partial charge in [-0.2, -0.15) is 0 Å². The molecule has 0 fully saturated rings. The first kappa shape index (κ1) is 13.8. The average Bonchev–Trinajstić information content (AvgIpc) is 3.04. The van der Waals surface area contributed by atoms with E-state index < -0.39 is 0 Å². The number of aromatic nitrogens is 2. The van der Waals surface area contributed by atoms with E-state index in [0.29, 0.717) is 0 Å². The van der Waals surface area contributed by atoms with E-state index in [1.165, 1.54) is 4.88 Å². The maximum atomic E-state index is 4.73. The molecular weight excluding hydrogens is 278 g/mol. The fourth-order valence-electron chi connectivity index (χ4n) is 2.13. The van der Waals surface area contributed by atoms with Gasteiger partial charge in [-0.25, -0.2) is 9.97 Å². The molecule has 0 saturated heterocycles. The lowest BCUT2D eigenvalue weighted by atomic mass is 10.1. The lowest BCUT2D eigenvalue weighted by Gasteiger charge is -2.07. The molecule has 3 aromatic rings. The summed E-state index contributed by atoms with van der Waals surface area (Å²) in [6, 6.07) is 16.4. The van der Waals surface area contributed by atoms with Crippen LogP contribution in [-0.4, -0.2) is 17.0 Å². The molecule has 2 heterocycles. The zero-order chi connectivity index (χ0) is 14.7. The standard InChI is InChI=1S/C17H17N3S/c1-3-13-9-10-15(21-13)17-19-14(11-16(18-2)20-17)12-7-5-4-6-8-12/h4-11H,3H2,1-2H3,(H,18,19,20). The molecule has 3 nitrogen and oxygen atoms in total. The zero-order valence-electron chi connectivity index (χ0n) is 12.1. The Balaban J connectivity index is 2.09. The summed E-state index contributed by atoms with van der Waals surface area (Å²) in [6.45, 7) is 2.16. The number of nitrogens with one attached hydrogen (secondary N) is 1. The summed E-state index contributed by atoms with van der Waals surface area (Å²) < 4.78 is 0. The zero-order valence-corrected chi connectivity index (χ0v) is 12.9. The highest BCUT2D eigenvalue weighted by atomic mass is 32.1. The quantitative estimate of drug-likeness (QED) is 0.771. The fourth-order valence-corrected chi connectivity index (χ4v) is 3.01. The molecule has 0 radical (unpaired) electrons. The molecule has 106 valence electrons. The van der Waals surface area contributed by atoms with Gasteiger partial charge in [0.25, 0.3) is 0 Å². The summed E-state index contributed by atoms with van der Waals surface area (Å²) in [6.07, 6.45) is 1.04. The first-order valence-corrected chi connectivity index (χ1v) is 7.83. The van der Waals surface area contributed by atoms with Crippen LogP contribution in [-0.2, 0) is 6.42 Å². The van der Waals surface area contributed by atoms with E-state index >= 15 is 0 Å². The maximum absolute atomic E-state index is 4.73. The van der Waals surface area contributed by atoms with Gasteiger partial charge in [0.05, 0.1) is 10.6 Å². The second-order valence-electron chi connectivity index (χ2n) is 4.70. The maximum Gasteiger partial charge on any atom is 0.172 e. The highest BCUT2D eigenvalue weighted by molar-refractivity contribution is 7.15. The topological polar surface area (TPSA) is 37.8 Å². The van der Waals surface area contributed by atoms with Crippen LogP contribution in [0.3, 0.4) is 0 Å². The first-order valence-electron chi connectivity index (χ1n) is 7.01. The highest BCUT2D eigenvalue weighted by Crippen LogP contribution is 2.29. The molecule has 0 atom stereocenters. The molecule has 3 rings (SSSR count). The van der Waals surface area contributed by atoms with Crippen molar-refractivity contribution in [3.63, 3.8) is 0 Å². The minimum atomic E-state index is 0.783. The van der Waals surface area contributed by atoms with Crippen LogP contribution in [0.5, 0.6) is 0 Å². The van der Waals surface area contributed by atoms with Crippen molar-refractivity contribution in [1.29, 1.82) is 0 Å². The molecular formula is C17H17N3S. The third-order valence-electron chi connectivity index (χ3n) is 3.28. The van der Waals surface area contributed by atoms with Gasteiger partial charge < -0.3 is 5.32 Å². The van der Waals surface area contributed by atoms with Crippen LogP contribution in [0, 0.1) is 0 Å². The molecule has 0 aliphatic heterocycles. The lowest BCUT2D eigenvalue weighted by Crippen LogP contribution is -1.97. The molecule has 0 bridgehead atoms. The summed E-state index contributed by atoms with van der Waals surface area (Å²) in [5.41, 5.74) is 2.04. The minimum absolute atomic E-state index is 0.783. The third-order valence-corrected chi connectivity index (χ3v) is 4.51. The van der Waals surface area contributed by atoms with Gasteiger partial charge in [0.2, 0.25) is 0 Å². The molecule has 0 saturated carbocycles. The molecule has 4 heteroatoms. The minimum Gasteiger partial charge on any atom is -0.373 e. The van der Waals surface area contributed by atoms with Crippen LogP contribution in [0.1, 0.15) is 11.8 Å². The van der Waals surface area contributed by atoms with Gasteiger partial charge in [-0.05, 0) is 18.6 Å². The SMILES string of the molecule is CCc1ccc(-c2nc(NC)cc(-c3ccccc3)n2)s1. The average molecular weight is 295 g/mol. The van der Waals surface area contributed by atoms with E-state index in [9.17, 15) is 0 Å². The van der Waals surface area contributed by atoms with E-state index in [-0.39, 0.29) is 0 Å². The van der Waals surface area contributed by atoms with Crippen molar-refractivity contribution in [2.24, 2.45) is 0 Å². The molecule has 1 N–H and O–H groups in total. The van der Waals surface area contributed by atoms with E-state index in [1.807, 2.05) is 31.3 Å². The first-order chi connectivity index (χ1) is 10.3. The van der Waals surface area contributed by atoms with Crippen LogP contribution < -0.4 is 5.32 Å². The van der Waals surface area contributed by atoms with Gasteiger partial charge in [-0.3, -0.25) is 0 Å². The third kappa shape index (κ3) is 2.95. The number of benzene rings is 1. The molecule has 0 spiro atoms. The van der Waals surface area contributed by atoms with E-state index in [0.717, 1.165) is 34.2 Å². The molecule has 2 aromatic heterocycles. The Morgan fingerprint density at radius 1 is 1.05 bits per heavy atom. The van der Waals surface area contributed by atoms with Gasteiger partial charge in [0.1, 0.15) is 5.82 Å². The molecule has 0 aliphatic rings. The Morgan fingerprint density at radius 3 is 2.52 bits per heavy atom. The fraction of sp³-hybridized carbons (Fsp3) is 0.176. The van der Waals surface area contributed by atoms with Crippen LogP contribution in [0.25, 0.3) is 22.0 Å². The van der Waals surface area contributed by atoms with Crippen molar-refractivity contribution in [2.75, 3.05) is 12.4 Å². The second-order valence-corrected chi connectivity index (χ2v) is 5.87. The van der Waals surface area contributed by atoms with Gasteiger partial charge in [-0.15, -0.1) is 11.3 Å². The van der Waals surface area contributed by atoms with E-state index in [1.54, 1.807) is 11.3 Å². The largest absolute Gasteiger partial charge is 0.373 e. The van der Waals surface area contributed by atoms with Crippen molar-refractivity contribution in [3.05, 3.63) is 53.4 Å². The van der Waals surface area contributed by atoms with Crippen molar-refractivity contribution in [1.82, 2.24) is 9.97 Å². The summed E-state index contributed by atoms with van der Waals surface area (Å²) >= 11 is 1.76. The summed E-state index contributed by atoms with van der Waals surface area (Å²) in [7, 11) is 1.88. The van der Waals surface area contributed by atoms with Crippen molar-refractivity contribution in [2.45, 2.75) is 13.3 Å². The van der Waals surface area contributed by atoms with Crippen molar-refractivity contribution >= 4 is 17.2 Å². The van der Waals surface area contributed by atoms with Crippen LogP contribution in [0.2, 0.25) is 0 Å². The predicted molar refractivity (Wildman–Crippen MR) is 89.7 cm³/mol. The summed E-state index contributed by atoms with van der Waals surface area (Å²) in [5.74, 6) is 1.62. The van der Waals surface area contributed by atoms with Crippen LogP contribution in [0.4, 0.5) is 5.82 Å². The number of hydrogen-bond donors (Lipinski definition) is 1. The number of nitrogens with zero attached hydrogens (tertiary/aromatic N) is 2. The van der Waals surface area contributed by atoms with Crippen LogP contribution >= 0.6 is 11.3 Å². The molecule has 21 heavy (non-hydrogen) atoms. The van der Waals surface area contributed by atoms with Crippen LogP contribution in [0.15, 0.2) is 48.5 Å². The Hall–Kier alpha value is -2.20. The summed E-state index contributed by atoms with van der Waals surface area (Å²) in [5, 5.41) is 3.12. The number of anilines is 1. The summed E-state index contributed by atoms with van der Waals surface area (Å²) in [4.78, 5) is 11.8. The van der Waals surface area contributed by atoms with Gasteiger partial charge in [0, 0.05) is 23.6 Å². The van der Waals surface area contributed by atoms with Crippen molar-refractivity contribution < 1.29 is 0 Å². The van der Waals surface area contributed by atoms with E-state index in [4.69, 9.17) is 4.98 Å². The molecule has 0 amide bonds. The normalized spacial score (nSPS) is 10.6. The van der Waals surface area contributed by atoms with Gasteiger partial charge >= 0.3 is 0 Å². The Kier molecular flexibility index (Phi) is 3.97. The molecule has 1 aromatic carbocycles. The Labute approximate surface area is 128 Å². The molecule has 0 unspecified atom stereocenters. The second kappa shape index (κ2) is 6.06. The smallest absolute Gasteiger partial charge is 0.172 e. The number of hydrogen-bond acceptors (Lipinski definition) is 4. The van der Waals surface area contributed by atoms with Gasteiger partial charge in [0.15, 0.2) is 5.82 Å². The Bertz CT molecular complexity index is 735. The number of aryl methyl sites for hydroxylation is 1. The number of thiophene rings is 1. The lowest BCUT2D eigenvalue weighted by molar-refractivity contribution is 1.18. The molecule has 0 aliphatic carbocycles. The number of rotatable bonds is 4.